The minimum atomic E-state index is 0.177. The fourth-order valence-electron chi connectivity index (χ4n) is 8.99. The van der Waals surface area contributed by atoms with E-state index in [-0.39, 0.29) is 5.92 Å². The highest BCUT2D eigenvalue weighted by Crippen LogP contribution is 2.45. The Bertz CT molecular complexity index is 2600. The molecule has 7 aromatic carbocycles. The quantitative estimate of drug-likeness (QED) is 0.131. The van der Waals surface area contributed by atoms with Gasteiger partial charge in [-0.2, -0.15) is 0 Å². The first-order valence-electron chi connectivity index (χ1n) is 20.5. The number of allylic oxidation sites excluding steroid dienone is 5. The summed E-state index contributed by atoms with van der Waals surface area (Å²) in [6.07, 6.45) is 8.34. The second kappa shape index (κ2) is 16.9. The van der Waals surface area contributed by atoms with Gasteiger partial charge in [-0.05, 0) is 124 Å². The molecule has 0 N–H and O–H groups in total. The molecule has 0 nitrogen and oxygen atoms in total. The summed E-state index contributed by atoms with van der Waals surface area (Å²) >= 11 is 0. The third-order valence-corrected chi connectivity index (χ3v) is 12.2. The van der Waals surface area contributed by atoms with E-state index in [2.05, 4.69) is 229 Å². The molecule has 0 bridgehead atoms. The van der Waals surface area contributed by atoms with Gasteiger partial charge in [0.2, 0.25) is 0 Å². The van der Waals surface area contributed by atoms with E-state index >= 15 is 0 Å². The first-order chi connectivity index (χ1) is 27.9. The first kappa shape index (κ1) is 37.7. The van der Waals surface area contributed by atoms with Crippen LogP contribution in [0.1, 0.15) is 78.0 Å². The summed E-state index contributed by atoms with van der Waals surface area (Å²) in [6, 6.07) is 64.3. The predicted octanol–water partition coefficient (Wildman–Crippen LogP) is 15.7. The summed E-state index contributed by atoms with van der Waals surface area (Å²) in [5.74, 6) is 0.805. The molecule has 57 heavy (non-hydrogen) atoms. The molecule has 1 aliphatic rings. The lowest BCUT2D eigenvalue weighted by atomic mass is 9.71. The van der Waals surface area contributed by atoms with Crippen molar-refractivity contribution in [1.29, 1.82) is 0 Å². The minimum absolute atomic E-state index is 0.177. The molecule has 0 aliphatic heterocycles. The molecule has 0 heterocycles. The molecule has 0 spiro atoms. The smallest absolute Gasteiger partial charge is 0.00927 e. The summed E-state index contributed by atoms with van der Waals surface area (Å²) in [5.41, 5.74) is 21.1. The van der Waals surface area contributed by atoms with Crippen molar-refractivity contribution >= 4 is 11.6 Å². The Kier molecular flexibility index (Phi) is 11.1. The minimum Gasteiger partial charge on any atom is -0.0758 e. The van der Waals surface area contributed by atoms with Crippen molar-refractivity contribution in [3.8, 4) is 33.4 Å². The van der Waals surface area contributed by atoms with Crippen LogP contribution in [0.2, 0.25) is 0 Å². The molecule has 0 saturated heterocycles. The van der Waals surface area contributed by atoms with Gasteiger partial charge in [-0.1, -0.05) is 206 Å². The van der Waals surface area contributed by atoms with Crippen molar-refractivity contribution in [3.05, 3.63) is 238 Å². The summed E-state index contributed by atoms with van der Waals surface area (Å²) in [6.45, 7) is 11.6. The van der Waals surface area contributed by atoms with E-state index < -0.39 is 0 Å². The molecule has 3 unspecified atom stereocenters. The highest BCUT2D eigenvalue weighted by atomic mass is 14.3. The van der Waals surface area contributed by atoms with Crippen LogP contribution in [-0.2, 0) is 0 Å². The molecule has 7 aromatic rings. The van der Waals surface area contributed by atoms with Gasteiger partial charge in [-0.15, -0.1) is 0 Å². The van der Waals surface area contributed by atoms with Crippen molar-refractivity contribution in [2.45, 2.75) is 52.9 Å². The maximum Gasteiger partial charge on any atom is 0.00927 e. The first-order valence-corrected chi connectivity index (χ1v) is 20.5. The predicted molar refractivity (Wildman–Crippen MR) is 245 cm³/mol. The zero-order chi connectivity index (χ0) is 39.3. The molecule has 0 amide bonds. The van der Waals surface area contributed by atoms with Gasteiger partial charge in [0.25, 0.3) is 0 Å². The summed E-state index contributed by atoms with van der Waals surface area (Å²) in [7, 11) is 0. The van der Waals surface area contributed by atoms with E-state index in [9.17, 15) is 0 Å². The lowest BCUT2D eigenvalue weighted by Gasteiger charge is -2.33. The largest absolute Gasteiger partial charge is 0.0758 e. The van der Waals surface area contributed by atoms with Crippen molar-refractivity contribution in [2.75, 3.05) is 0 Å². The van der Waals surface area contributed by atoms with E-state index in [1.54, 1.807) is 0 Å². The number of benzene rings is 7. The van der Waals surface area contributed by atoms with Gasteiger partial charge in [0.15, 0.2) is 0 Å². The maximum atomic E-state index is 2.51. The van der Waals surface area contributed by atoms with Crippen molar-refractivity contribution in [3.63, 3.8) is 0 Å². The van der Waals surface area contributed by atoms with E-state index in [0.717, 1.165) is 6.42 Å². The molecule has 280 valence electrons. The molecule has 0 aromatic heterocycles. The van der Waals surface area contributed by atoms with Gasteiger partial charge in [0.05, 0.1) is 0 Å². The normalized spacial score (nSPS) is 16.1. The van der Waals surface area contributed by atoms with E-state index in [4.69, 9.17) is 0 Å². The number of hydrogen-bond donors (Lipinski definition) is 0. The Morgan fingerprint density at radius 2 is 1.11 bits per heavy atom. The Labute approximate surface area is 340 Å². The van der Waals surface area contributed by atoms with Crippen LogP contribution in [-0.4, -0.2) is 0 Å². The van der Waals surface area contributed by atoms with Crippen molar-refractivity contribution in [2.24, 2.45) is 5.92 Å². The van der Waals surface area contributed by atoms with Crippen LogP contribution in [0.5, 0.6) is 0 Å². The van der Waals surface area contributed by atoms with Crippen molar-refractivity contribution in [1.82, 2.24) is 0 Å². The fraction of sp³-hybridized carbons (Fsp3) is 0.158. The van der Waals surface area contributed by atoms with Gasteiger partial charge >= 0.3 is 0 Å². The van der Waals surface area contributed by atoms with Gasteiger partial charge < -0.3 is 0 Å². The molecular weight excluding hydrogens is 685 g/mol. The third-order valence-electron chi connectivity index (χ3n) is 12.2. The van der Waals surface area contributed by atoms with Crippen LogP contribution in [0.3, 0.4) is 0 Å². The van der Waals surface area contributed by atoms with Crippen LogP contribution in [0.25, 0.3) is 45.0 Å². The van der Waals surface area contributed by atoms with Gasteiger partial charge in [0.1, 0.15) is 0 Å². The molecule has 0 radical (unpaired) electrons. The molecule has 8 rings (SSSR count). The maximum absolute atomic E-state index is 2.51. The lowest BCUT2D eigenvalue weighted by molar-refractivity contribution is 0.541. The van der Waals surface area contributed by atoms with Crippen molar-refractivity contribution < 1.29 is 0 Å². The molecule has 0 fully saturated rings. The number of hydrogen-bond acceptors (Lipinski definition) is 0. The highest BCUT2D eigenvalue weighted by molar-refractivity contribution is 5.82. The van der Waals surface area contributed by atoms with Gasteiger partial charge in [-0.25, -0.2) is 0 Å². The Hall–Kier alpha value is -6.24. The molecule has 3 atom stereocenters. The van der Waals surface area contributed by atoms with Crippen LogP contribution in [0.4, 0.5) is 0 Å². The second-order valence-corrected chi connectivity index (χ2v) is 15.9. The molecule has 1 aliphatic carbocycles. The van der Waals surface area contributed by atoms with Crippen LogP contribution in [0.15, 0.2) is 199 Å². The van der Waals surface area contributed by atoms with Gasteiger partial charge in [-0.3, -0.25) is 0 Å². The molecule has 0 heteroatoms. The number of aryl methyl sites for hydroxylation is 2. The topological polar surface area (TPSA) is 0 Å². The van der Waals surface area contributed by atoms with E-state index in [0.29, 0.717) is 11.8 Å². The van der Waals surface area contributed by atoms with E-state index in [1.807, 2.05) is 0 Å². The monoisotopic (exact) mass is 736 g/mol. The Morgan fingerprint density at radius 1 is 0.544 bits per heavy atom. The van der Waals surface area contributed by atoms with Gasteiger partial charge in [0, 0.05) is 11.8 Å². The summed E-state index contributed by atoms with van der Waals surface area (Å²) < 4.78 is 0. The summed E-state index contributed by atoms with van der Waals surface area (Å²) in [4.78, 5) is 0. The highest BCUT2D eigenvalue weighted by Gasteiger charge is 2.29. The van der Waals surface area contributed by atoms with Crippen LogP contribution < -0.4 is 0 Å². The molecule has 0 saturated carbocycles. The third kappa shape index (κ3) is 8.05. The fourth-order valence-corrected chi connectivity index (χ4v) is 8.99. The Balaban J connectivity index is 1.20. The standard InChI is InChI=1S/C57H52/c1-39(35-56-43(5)53(50-29-14-12-19-40(50)2)33-34-55(56)51-30-15-13-20-41(51)3)36-57-52(31-18-32-54(57)45-23-10-7-11-24-45)42(4)46-25-16-27-48(37-46)49-28-17-26-47(38-49)44-21-8-6-9-22-44/h6-34,36-38,42,55-56H,35H2,1-5H3/b39-36+. The molecular formula is C57H52. The zero-order valence-corrected chi connectivity index (χ0v) is 33.9. The average Bonchev–Trinajstić information content (AvgIpc) is 3.25. The van der Waals surface area contributed by atoms with Crippen LogP contribution >= 0.6 is 0 Å². The SMILES string of the molecule is CC1=C(c2ccccc2C)C=CC(c2ccccc2C)C1C/C(C)=C/c1c(-c2ccccc2)cccc1C(C)c1cccc(-c2cccc(-c3ccccc3)c2)c1. The number of rotatable bonds is 10. The Morgan fingerprint density at radius 3 is 1.82 bits per heavy atom. The second-order valence-electron chi connectivity index (χ2n) is 15.9. The summed E-state index contributed by atoms with van der Waals surface area (Å²) in [5, 5.41) is 0. The van der Waals surface area contributed by atoms with E-state index in [1.165, 1.54) is 89.0 Å². The van der Waals surface area contributed by atoms with Crippen LogP contribution in [0, 0.1) is 19.8 Å². The average molecular weight is 737 g/mol. The lowest BCUT2D eigenvalue weighted by Crippen LogP contribution is -2.18. The zero-order valence-electron chi connectivity index (χ0n) is 33.9.